The first-order chi connectivity index (χ1) is 11.3. The number of hydrogen-bond donors (Lipinski definition) is 2. The van der Waals surface area contributed by atoms with Crippen molar-refractivity contribution in [3.05, 3.63) is 35.4 Å². The van der Waals surface area contributed by atoms with Crippen molar-refractivity contribution in [3.63, 3.8) is 0 Å². The maximum Gasteiger partial charge on any atom is 0.0767 e. The van der Waals surface area contributed by atoms with Gasteiger partial charge in [-0.3, -0.25) is 0 Å². The third kappa shape index (κ3) is 6.62. The van der Waals surface area contributed by atoms with Crippen molar-refractivity contribution in [2.24, 2.45) is 0 Å². The number of nitrogens with one attached hydrogen (secondary N) is 1. The van der Waals surface area contributed by atoms with E-state index in [4.69, 9.17) is 4.74 Å². The third-order valence-corrected chi connectivity index (χ3v) is 4.79. The molecule has 2 rings (SSSR count). The van der Waals surface area contributed by atoms with E-state index in [-0.39, 0.29) is 18.8 Å². The van der Waals surface area contributed by atoms with Gasteiger partial charge >= 0.3 is 0 Å². The molecule has 130 valence electrons. The van der Waals surface area contributed by atoms with Gasteiger partial charge in [0.15, 0.2) is 0 Å². The monoisotopic (exact) mass is 319 g/mol. The Bertz CT molecular complexity index is 418. The molecule has 0 aromatic heterocycles. The number of unbranched alkanes of at least 4 members (excludes halogenated alkanes) is 5. The molecule has 1 aromatic carbocycles. The molecule has 1 heterocycles. The molecule has 3 nitrogen and oxygen atoms in total. The molecule has 1 fully saturated rings. The number of aliphatic hydroxyl groups is 1. The first kappa shape index (κ1) is 18.4. The Labute approximate surface area is 141 Å². The van der Waals surface area contributed by atoms with Gasteiger partial charge in [0.2, 0.25) is 0 Å². The van der Waals surface area contributed by atoms with E-state index < -0.39 is 0 Å². The summed E-state index contributed by atoms with van der Waals surface area (Å²) in [5.74, 6) is 0. The fourth-order valence-electron chi connectivity index (χ4n) is 3.24. The van der Waals surface area contributed by atoms with E-state index in [2.05, 4.69) is 36.5 Å². The number of hydrogen-bond acceptors (Lipinski definition) is 3. The quantitative estimate of drug-likeness (QED) is 0.609. The number of aryl methyl sites for hydroxylation is 1. The van der Waals surface area contributed by atoms with Gasteiger partial charge in [0.1, 0.15) is 0 Å². The van der Waals surface area contributed by atoms with Crippen LogP contribution < -0.4 is 5.32 Å². The highest BCUT2D eigenvalue weighted by Crippen LogP contribution is 2.15. The Morgan fingerprint density at radius 1 is 1.04 bits per heavy atom. The van der Waals surface area contributed by atoms with E-state index in [0.717, 1.165) is 13.0 Å². The van der Waals surface area contributed by atoms with E-state index in [0.29, 0.717) is 6.61 Å². The highest BCUT2D eigenvalue weighted by Gasteiger charge is 2.26. The lowest BCUT2D eigenvalue weighted by Crippen LogP contribution is -2.35. The molecule has 23 heavy (non-hydrogen) atoms. The van der Waals surface area contributed by atoms with Crippen LogP contribution in [0, 0.1) is 0 Å². The SMILES string of the molecule is CCCCCCCCc1ccc(CO[C@@H]2CCN[C@@H]2CO)cc1. The van der Waals surface area contributed by atoms with Crippen LogP contribution >= 0.6 is 0 Å². The molecule has 0 spiro atoms. The van der Waals surface area contributed by atoms with Gasteiger partial charge in [-0.15, -0.1) is 0 Å². The number of rotatable bonds is 11. The molecular weight excluding hydrogens is 286 g/mol. The number of ether oxygens (including phenoxy) is 1. The van der Waals surface area contributed by atoms with Crippen LogP contribution in [0.3, 0.4) is 0 Å². The Morgan fingerprint density at radius 2 is 1.74 bits per heavy atom. The lowest BCUT2D eigenvalue weighted by atomic mass is 10.0. The lowest BCUT2D eigenvalue weighted by molar-refractivity contribution is 0.0198. The van der Waals surface area contributed by atoms with Crippen LogP contribution in [0.5, 0.6) is 0 Å². The highest BCUT2D eigenvalue weighted by atomic mass is 16.5. The summed E-state index contributed by atoms with van der Waals surface area (Å²) in [6.45, 7) is 3.99. The molecule has 1 aliphatic heterocycles. The van der Waals surface area contributed by atoms with Gasteiger partial charge in [0.25, 0.3) is 0 Å². The first-order valence-corrected chi connectivity index (χ1v) is 9.37. The molecule has 1 saturated heterocycles. The Kier molecular flexibility index (Phi) is 8.66. The second-order valence-corrected chi connectivity index (χ2v) is 6.72. The minimum atomic E-state index is 0.0991. The fraction of sp³-hybridized carbons (Fsp3) is 0.700. The van der Waals surface area contributed by atoms with Crippen molar-refractivity contribution < 1.29 is 9.84 Å². The molecule has 0 bridgehead atoms. The van der Waals surface area contributed by atoms with Crippen molar-refractivity contribution in [1.82, 2.24) is 5.32 Å². The Balaban J connectivity index is 1.64. The second kappa shape index (κ2) is 10.8. The minimum absolute atomic E-state index is 0.0991. The van der Waals surface area contributed by atoms with Gasteiger partial charge in [-0.1, -0.05) is 63.3 Å². The van der Waals surface area contributed by atoms with Crippen LogP contribution in [-0.2, 0) is 17.8 Å². The van der Waals surface area contributed by atoms with Crippen molar-refractivity contribution in [1.29, 1.82) is 0 Å². The van der Waals surface area contributed by atoms with Crippen molar-refractivity contribution in [3.8, 4) is 0 Å². The number of aliphatic hydroxyl groups excluding tert-OH is 1. The third-order valence-electron chi connectivity index (χ3n) is 4.79. The minimum Gasteiger partial charge on any atom is -0.395 e. The summed E-state index contributed by atoms with van der Waals surface area (Å²) < 4.78 is 5.95. The van der Waals surface area contributed by atoms with Crippen molar-refractivity contribution >= 4 is 0 Å². The molecule has 2 N–H and O–H groups in total. The predicted molar refractivity (Wildman–Crippen MR) is 95.6 cm³/mol. The van der Waals surface area contributed by atoms with Crippen LogP contribution in [0.4, 0.5) is 0 Å². The summed E-state index contributed by atoms with van der Waals surface area (Å²) in [5, 5.41) is 12.5. The average Bonchev–Trinajstić information content (AvgIpc) is 3.05. The van der Waals surface area contributed by atoms with Gasteiger partial charge in [-0.05, 0) is 36.9 Å². The van der Waals surface area contributed by atoms with Crippen LogP contribution in [0.25, 0.3) is 0 Å². The second-order valence-electron chi connectivity index (χ2n) is 6.72. The fourth-order valence-corrected chi connectivity index (χ4v) is 3.24. The maximum atomic E-state index is 9.28. The molecule has 1 aromatic rings. The smallest absolute Gasteiger partial charge is 0.0767 e. The van der Waals surface area contributed by atoms with Crippen LogP contribution in [0.2, 0.25) is 0 Å². The van der Waals surface area contributed by atoms with E-state index in [9.17, 15) is 5.11 Å². The summed E-state index contributed by atoms with van der Waals surface area (Å²) >= 11 is 0. The van der Waals surface area contributed by atoms with Crippen molar-refractivity contribution in [2.45, 2.75) is 77.0 Å². The summed E-state index contributed by atoms with van der Waals surface area (Å²) in [5.41, 5.74) is 2.65. The summed E-state index contributed by atoms with van der Waals surface area (Å²) in [6.07, 6.45) is 10.4. The standard InChI is InChI=1S/C20H33NO2/c1-2-3-4-5-6-7-8-17-9-11-18(12-10-17)16-23-20-13-14-21-19(20)15-22/h9-12,19-22H,2-8,13-16H2,1H3/t19-,20-/m1/s1. The lowest BCUT2D eigenvalue weighted by Gasteiger charge is -2.18. The van der Waals surface area contributed by atoms with Crippen LogP contribution in [0.1, 0.15) is 63.0 Å². The van der Waals surface area contributed by atoms with E-state index in [1.807, 2.05) is 0 Å². The van der Waals surface area contributed by atoms with E-state index in [1.54, 1.807) is 0 Å². The summed E-state index contributed by atoms with van der Waals surface area (Å²) in [4.78, 5) is 0. The zero-order valence-corrected chi connectivity index (χ0v) is 14.6. The molecule has 1 aliphatic rings. The first-order valence-electron chi connectivity index (χ1n) is 9.37. The molecule has 2 atom stereocenters. The van der Waals surface area contributed by atoms with E-state index in [1.165, 1.54) is 56.1 Å². The molecular formula is C20H33NO2. The predicted octanol–water partition coefficient (Wildman–Crippen LogP) is 3.83. The van der Waals surface area contributed by atoms with Crippen LogP contribution in [-0.4, -0.2) is 30.4 Å². The van der Waals surface area contributed by atoms with Crippen molar-refractivity contribution in [2.75, 3.05) is 13.2 Å². The van der Waals surface area contributed by atoms with Gasteiger partial charge in [-0.25, -0.2) is 0 Å². The molecule has 0 saturated carbocycles. The number of benzene rings is 1. The molecule has 0 amide bonds. The van der Waals surface area contributed by atoms with Crippen LogP contribution in [0.15, 0.2) is 24.3 Å². The van der Waals surface area contributed by atoms with Gasteiger partial charge < -0.3 is 15.2 Å². The zero-order valence-electron chi connectivity index (χ0n) is 14.6. The average molecular weight is 319 g/mol. The van der Waals surface area contributed by atoms with E-state index >= 15 is 0 Å². The Morgan fingerprint density at radius 3 is 2.48 bits per heavy atom. The molecule has 0 unspecified atom stereocenters. The maximum absolute atomic E-state index is 9.28. The molecule has 0 radical (unpaired) electrons. The van der Waals surface area contributed by atoms with Gasteiger partial charge in [0, 0.05) is 0 Å². The molecule has 0 aliphatic carbocycles. The summed E-state index contributed by atoms with van der Waals surface area (Å²) in [7, 11) is 0. The highest BCUT2D eigenvalue weighted by molar-refractivity contribution is 5.22. The summed E-state index contributed by atoms with van der Waals surface area (Å²) in [6, 6.07) is 8.94. The topological polar surface area (TPSA) is 41.5 Å². The van der Waals surface area contributed by atoms with Gasteiger partial charge in [-0.2, -0.15) is 0 Å². The largest absolute Gasteiger partial charge is 0.395 e. The molecule has 3 heteroatoms. The normalized spacial score (nSPS) is 21.0. The van der Waals surface area contributed by atoms with Gasteiger partial charge in [0.05, 0.1) is 25.4 Å². The Hall–Kier alpha value is -0.900. The zero-order chi connectivity index (χ0) is 16.3.